The number of nitrogens with one attached hydrogen (secondary N) is 1. The fraction of sp³-hybridized carbons (Fsp3) is 0.429. The summed E-state index contributed by atoms with van der Waals surface area (Å²) in [5, 5.41) is 5.53. The van der Waals surface area contributed by atoms with Crippen molar-refractivity contribution in [2.24, 2.45) is 5.41 Å². The lowest BCUT2D eigenvalue weighted by Crippen LogP contribution is -2.19. The molecule has 0 atom stereocenters. The van der Waals surface area contributed by atoms with Crippen LogP contribution < -0.4 is 5.32 Å². The second kappa shape index (κ2) is 5.43. The lowest BCUT2D eigenvalue weighted by atomic mass is 9.92. The third-order valence-electron chi connectivity index (χ3n) is 2.43. The van der Waals surface area contributed by atoms with E-state index < -0.39 is 0 Å². The molecule has 0 aliphatic heterocycles. The van der Waals surface area contributed by atoms with E-state index in [0.29, 0.717) is 11.6 Å². The Labute approximate surface area is 121 Å². The molecule has 3 nitrogen and oxygen atoms in total. The van der Waals surface area contributed by atoms with Gasteiger partial charge in [0.2, 0.25) is 5.91 Å². The van der Waals surface area contributed by atoms with Crippen LogP contribution in [0.3, 0.4) is 0 Å². The highest BCUT2D eigenvalue weighted by Crippen LogP contribution is 2.30. The normalized spacial score (nSPS) is 11.6. The molecule has 102 valence electrons. The van der Waals surface area contributed by atoms with Gasteiger partial charge in [-0.25, -0.2) is 4.98 Å². The Morgan fingerprint density at radius 3 is 2.68 bits per heavy atom. The first-order chi connectivity index (χ1) is 8.83. The first-order valence-electron chi connectivity index (χ1n) is 6.16. The van der Waals surface area contributed by atoms with Gasteiger partial charge < -0.3 is 5.32 Å². The van der Waals surface area contributed by atoms with E-state index in [1.807, 2.05) is 26.2 Å². The van der Waals surface area contributed by atoms with E-state index >= 15 is 0 Å². The summed E-state index contributed by atoms with van der Waals surface area (Å²) in [5.41, 5.74) is 0.934. The van der Waals surface area contributed by atoms with Crippen LogP contribution in [-0.2, 0) is 4.79 Å². The molecule has 2 heterocycles. The summed E-state index contributed by atoms with van der Waals surface area (Å²) in [6, 6.07) is 4.15. The van der Waals surface area contributed by atoms with Crippen LogP contribution in [-0.4, -0.2) is 10.9 Å². The molecule has 0 aliphatic rings. The van der Waals surface area contributed by atoms with Gasteiger partial charge >= 0.3 is 0 Å². The second-order valence-corrected chi connectivity index (χ2v) is 7.88. The summed E-state index contributed by atoms with van der Waals surface area (Å²) >= 11 is 3.19. The third kappa shape index (κ3) is 4.14. The van der Waals surface area contributed by atoms with Crippen LogP contribution in [0, 0.1) is 12.3 Å². The van der Waals surface area contributed by atoms with Gasteiger partial charge in [-0.05, 0) is 24.5 Å². The number of thiazole rings is 1. The highest BCUT2D eigenvalue weighted by atomic mass is 32.1. The summed E-state index contributed by atoms with van der Waals surface area (Å²) in [7, 11) is 0. The van der Waals surface area contributed by atoms with Crippen molar-refractivity contribution >= 4 is 33.7 Å². The molecule has 0 radical (unpaired) electrons. The van der Waals surface area contributed by atoms with Gasteiger partial charge in [-0.3, -0.25) is 4.79 Å². The summed E-state index contributed by atoms with van der Waals surface area (Å²) in [5.74, 6) is 0.0239. The highest BCUT2D eigenvalue weighted by Gasteiger charge is 2.17. The van der Waals surface area contributed by atoms with Gasteiger partial charge in [0.25, 0.3) is 0 Å². The van der Waals surface area contributed by atoms with E-state index in [0.717, 1.165) is 10.6 Å². The Morgan fingerprint density at radius 2 is 2.11 bits per heavy atom. The summed E-state index contributed by atoms with van der Waals surface area (Å²) in [6.45, 7) is 8.23. The predicted octanol–water partition coefficient (Wildman–Crippen LogP) is 4.55. The molecule has 2 aromatic heterocycles. The van der Waals surface area contributed by atoms with Crippen molar-refractivity contribution in [2.45, 2.75) is 34.1 Å². The number of amides is 1. The molecular formula is C14H18N2OS2. The number of nitrogens with zero attached hydrogens (tertiary/aromatic N) is 1. The van der Waals surface area contributed by atoms with Crippen molar-refractivity contribution in [3.63, 3.8) is 0 Å². The molecular weight excluding hydrogens is 276 g/mol. The molecule has 5 heteroatoms. The van der Waals surface area contributed by atoms with Gasteiger partial charge in [0.05, 0.1) is 10.6 Å². The molecule has 2 aromatic rings. The Balaban J connectivity index is 2.04. The van der Waals surface area contributed by atoms with Gasteiger partial charge in [-0.15, -0.1) is 22.7 Å². The Hall–Kier alpha value is -1.20. The molecule has 0 saturated heterocycles. The number of rotatable bonds is 3. The van der Waals surface area contributed by atoms with Crippen molar-refractivity contribution in [2.75, 3.05) is 5.32 Å². The van der Waals surface area contributed by atoms with Crippen molar-refractivity contribution in [1.29, 1.82) is 0 Å². The number of aryl methyl sites for hydroxylation is 1. The van der Waals surface area contributed by atoms with Gasteiger partial charge in [0.1, 0.15) is 0 Å². The zero-order chi connectivity index (χ0) is 14.0. The summed E-state index contributed by atoms with van der Waals surface area (Å²) in [6.07, 6.45) is 0.500. The lowest BCUT2D eigenvalue weighted by Gasteiger charge is -2.16. The van der Waals surface area contributed by atoms with Gasteiger partial charge in [-0.1, -0.05) is 20.8 Å². The number of aromatic nitrogens is 1. The minimum absolute atomic E-state index is 0.00492. The van der Waals surface area contributed by atoms with E-state index in [4.69, 9.17) is 0 Å². The van der Waals surface area contributed by atoms with Crippen LogP contribution in [0.4, 0.5) is 5.13 Å². The first-order valence-corrected chi connectivity index (χ1v) is 7.85. The Morgan fingerprint density at radius 1 is 1.37 bits per heavy atom. The number of carbonyl (C=O) groups excluding carboxylic acids is 1. The van der Waals surface area contributed by atoms with Gasteiger partial charge in [0, 0.05) is 16.7 Å². The van der Waals surface area contributed by atoms with Crippen LogP contribution in [0.15, 0.2) is 17.5 Å². The van der Waals surface area contributed by atoms with Crippen molar-refractivity contribution in [3.05, 3.63) is 22.4 Å². The SMILES string of the molecule is Cc1ccc(-c2csc(NC(=O)CC(C)(C)C)n2)s1. The van der Waals surface area contributed by atoms with Crippen LogP contribution in [0.25, 0.3) is 10.6 Å². The molecule has 0 aliphatic carbocycles. The Kier molecular flexibility index (Phi) is 4.06. The van der Waals surface area contributed by atoms with Gasteiger partial charge in [0.15, 0.2) is 5.13 Å². The zero-order valence-corrected chi connectivity index (χ0v) is 13.2. The first kappa shape index (κ1) is 14.2. The fourth-order valence-corrected chi connectivity index (χ4v) is 3.29. The molecule has 0 spiro atoms. The average molecular weight is 294 g/mol. The second-order valence-electron chi connectivity index (χ2n) is 5.73. The van der Waals surface area contributed by atoms with E-state index in [1.165, 1.54) is 16.2 Å². The van der Waals surface area contributed by atoms with E-state index in [9.17, 15) is 4.79 Å². The van der Waals surface area contributed by atoms with E-state index in [2.05, 4.69) is 29.4 Å². The number of hydrogen-bond donors (Lipinski definition) is 1. The van der Waals surface area contributed by atoms with Gasteiger partial charge in [-0.2, -0.15) is 0 Å². The predicted molar refractivity (Wildman–Crippen MR) is 82.9 cm³/mol. The van der Waals surface area contributed by atoms with Crippen LogP contribution >= 0.6 is 22.7 Å². The molecule has 19 heavy (non-hydrogen) atoms. The maximum Gasteiger partial charge on any atom is 0.226 e. The highest BCUT2D eigenvalue weighted by molar-refractivity contribution is 7.17. The minimum Gasteiger partial charge on any atom is -0.302 e. The molecule has 0 saturated carbocycles. The molecule has 2 rings (SSSR count). The van der Waals surface area contributed by atoms with Crippen LogP contribution in [0.5, 0.6) is 0 Å². The average Bonchev–Trinajstić information content (AvgIpc) is 2.83. The number of hydrogen-bond acceptors (Lipinski definition) is 4. The molecule has 0 fully saturated rings. The third-order valence-corrected chi connectivity index (χ3v) is 4.22. The monoisotopic (exact) mass is 294 g/mol. The summed E-state index contributed by atoms with van der Waals surface area (Å²) < 4.78 is 0. The van der Waals surface area contributed by atoms with E-state index in [-0.39, 0.29) is 11.3 Å². The van der Waals surface area contributed by atoms with Crippen LogP contribution in [0.1, 0.15) is 32.1 Å². The summed E-state index contributed by atoms with van der Waals surface area (Å²) in [4.78, 5) is 18.7. The topological polar surface area (TPSA) is 42.0 Å². The maximum atomic E-state index is 11.8. The number of anilines is 1. The molecule has 0 bridgehead atoms. The lowest BCUT2D eigenvalue weighted by molar-refractivity contribution is -0.117. The number of carbonyl (C=O) groups is 1. The number of thiophene rings is 1. The largest absolute Gasteiger partial charge is 0.302 e. The fourth-order valence-electron chi connectivity index (χ4n) is 1.66. The standard InChI is InChI=1S/C14H18N2OS2/c1-9-5-6-11(19-9)10-8-18-13(15-10)16-12(17)7-14(2,3)4/h5-6,8H,7H2,1-4H3,(H,15,16,17). The minimum atomic E-state index is -0.00492. The van der Waals surface area contributed by atoms with E-state index in [1.54, 1.807) is 11.3 Å². The van der Waals surface area contributed by atoms with Crippen molar-refractivity contribution < 1.29 is 4.79 Å². The van der Waals surface area contributed by atoms with Crippen molar-refractivity contribution in [3.8, 4) is 10.6 Å². The molecule has 1 amide bonds. The van der Waals surface area contributed by atoms with Crippen molar-refractivity contribution in [1.82, 2.24) is 4.98 Å². The molecule has 0 unspecified atom stereocenters. The molecule has 0 aromatic carbocycles. The Bertz CT molecular complexity index is 578. The smallest absolute Gasteiger partial charge is 0.226 e. The quantitative estimate of drug-likeness (QED) is 0.902. The van der Waals surface area contributed by atoms with Crippen LogP contribution in [0.2, 0.25) is 0 Å². The molecule has 1 N–H and O–H groups in total. The maximum absolute atomic E-state index is 11.8. The zero-order valence-electron chi connectivity index (χ0n) is 11.6.